The van der Waals surface area contributed by atoms with E-state index in [0.717, 1.165) is 5.56 Å². The Morgan fingerprint density at radius 3 is 2.50 bits per heavy atom. The summed E-state index contributed by atoms with van der Waals surface area (Å²) in [7, 11) is 0. The number of anilines is 1. The molecule has 1 aromatic rings. The molecule has 0 saturated heterocycles. The number of carbonyl (C=O) groups excluding carboxylic acids is 1. The van der Waals surface area contributed by atoms with Crippen molar-refractivity contribution < 1.29 is 9.18 Å². The third-order valence-electron chi connectivity index (χ3n) is 2.46. The molecule has 1 amide bonds. The highest BCUT2D eigenvalue weighted by molar-refractivity contribution is 9.10. The standard InChI is InChI=1S/C13H18BrFN2O/c1-7(2)16-13(18)9(4)17-12-6-11(15)10(14)5-8(12)3/h5-7,9,17H,1-4H3,(H,16,18). The minimum Gasteiger partial charge on any atom is -0.374 e. The zero-order valence-corrected chi connectivity index (χ0v) is 12.6. The number of rotatable bonds is 4. The van der Waals surface area contributed by atoms with Crippen LogP contribution in [0.25, 0.3) is 0 Å². The van der Waals surface area contributed by atoms with Crippen LogP contribution in [0.1, 0.15) is 26.3 Å². The summed E-state index contributed by atoms with van der Waals surface area (Å²) in [6, 6.07) is 2.75. The second-order valence-electron chi connectivity index (χ2n) is 4.61. The van der Waals surface area contributed by atoms with Gasteiger partial charge in [0.25, 0.3) is 0 Å². The molecule has 0 heterocycles. The maximum atomic E-state index is 13.4. The number of amides is 1. The van der Waals surface area contributed by atoms with Gasteiger partial charge in [0.2, 0.25) is 5.91 Å². The number of nitrogens with one attached hydrogen (secondary N) is 2. The molecule has 0 saturated carbocycles. The predicted molar refractivity (Wildman–Crippen MR) is 75.2 cm³/mol. The quantitative estimate of drug-likeness (QED) is 0.895. The summed E-state index contributed by atoms with van der Waals surface area (Å²) in [6.07, 6.45) is 0. The number of aryl methyl sites for hydroxylation is 1. The highest BCUT2D eigenvalue weighted by atomic mass is 79.9. The number of carbonyl (C=O) groups is 1. The maximum Gasteiger partial charge on any atom is 0.242 e. The Kier molecular flexibility index (Phi) is 5.14. The molecule has 0 fully saturated rings. The van der Waals surface area contributed by atoms with Crippen LogP contribution in [0.2, 0.25) is 0 Å². The molecule has 0 aromatic heterocycles. The van der Waals surface area contributed by atoms with Gasteiger partial charge >= 0.3 is 0 Å². The zero-order valence-electron chi connectivity index (χ0n) is 11.0. The van der Waals surface area contributed by atoms with Crippen LogP contribution in [-0.4, -0.2) is 18.0 Å². The van der Waals surface area contributed by atoms with Crippen LogP contribution >= 0.6 is 15.9 Å². The fourth-order valence-electron chi connectivity index (χ4n) is 1.51. The Bertz CT molecular complexity index is 449. The van der Waals surface area contributed by atoms with E-state index in [4.69, 9.17) is 0 Å². The van der Waals surface area contributed by atoms with Gasteiger partial charge in [0.1, 0.15) is 11.9 Å². The minimum absolute atomic E-state index is 0.0875. The van der Waals surface area contributed by atoms with Crippen molar-refractivity contribution in [3.8, 4) is 0 Å². The van der Waals surface area contributed by atoms with Crippen molar-refractivity contribution in [3.63, 3.8) is 0 Å². The molecule has 0 bridgehead atoms. The highest BCUT2D eigenvalue weighted by Crippen LogP contribution is 2.24. The largest absolute Gasteiger partial charge is 0.374 e. The average Bonchev–Trinajstić information content (AvgIpc) is 2.24. The van der Waals surface area contributed by atoms with Gasteiger partial charge in [-0.25, -0.2) is 4.39 Å². The molecule has 5 heteroatoms. The number of halogens is 2. The fourth-order valence-corrected chi connectivity index (χ4v) is 1.97. The van der Waals surface area contributed by atoms with Gasteiger partial charge in [-0.2, -0.15) is 0 Å². The normalized spacial score (nSPS) is 12.4. The van der Waals surface area contributed by atoms with Crippen LogP contribution in [0.5, 0.6) is 0 Å². The Hall–Kier alpha value is -1.10. The van der Waals surface area contributed by atoms with Crippen molar-refractivity contribution in [1.82, 2.24) is 5.32 Å². The van der Waals surface area contributed by atoms with E-state index >= 15 is 0 Å². The summed E-state index contributed by atoms with van der Waals surface area (Å²) in [4.78, 5) is 11.7. The second kappa shape index (κ2) is 6.18. The Labute approximate surface area is 115 Å². The SMILES string of the molecule is Cc1cc(Br)c(F)cc1NC(C)C(=O)NC(C)C. The van der Waals surface area contributed by atoms with Crippen LogP contribution in [0.15, 0.2) is 16.6 Å². The van der Waals surface area contributed by atoms with Crippen molar-refractivity contribution in [2.75, 3.05) is 5.32 Å². The smallest absolute Gasteiger partial charge is 0.242 e. The topological polar surface area (TPSA) is 41.1 Å². The monoisotopic (exact) mass is 316 g/mol. The molecule has 1 unspecified atom stereocenters. The molecule has 0 aliphatic heterocycles. The summed E-state index contributed by atoms with van der Waals surface area (Å²) < 4.78 is 13.9. The highest BCUT2D eigenvalue weighted by Gasteiger charge is 2.15. The van der Waals surface area contributed by atoms with E-state index in [0.29, 0.717) is 10.2 Å². The lowest BCUT2D eigenvalue weighted by molar-refractivity contribution is -0.122. The molecular formula is C13H18BrFN2O. The van der Waals surface area contributed by atoms with Crippen molar-refractivity contribution in [2.45, 2.75) is 39.8 Å². The van der Waals surface area contributed by atoms with Crippen molar-refractivity contribution in [2.24, 2.45) is 0 Å². The second-order valence-corrected chi connectivity index (χ2v) is 5.46. The fraction of sp³-hybridized carbons (Fsp3) is 0.462. The lowest BCUT2D eigenvalue weighted by atomic mass is 10.1. The number of hydrogen-bond donors (Lipinski definition) is 2. The van der Waals surface area contributed by atoms with E-state index < -0.39 is 6.04 Å². The zero-order chi connectivity index (χ0) is 13.9. The first-order valence-electron chi connectivity index (χ1n) is 5.83. The maximum absolute atomic E-state index is 13.4. The molecule has 1 aromatic carbocycles. The van der Waals surface area contributed by atoms with E-state index in [1.165, 1.54) is 6.07 Å². The molecule has 0 spiro atoms. The molecule has 0 radical (unpaired) electrons. The van der Waals surface area contributed by atoms with Crippen molar-refractivity contribution in [1.29, 1.82) is 0 Å². The molecule has 0 aliphatic carbocycles. The van der Waals surface area contributed by atoms with E-state index in [-0.39, 0.29) is 17.8 Å². The van der Waals surface area contributed by atoms with Crippen LogP contribution in [-0.2, 0) is 4.79 Å². The van der Waals surface area contributed by atoms with Crippen molar-refractivity contribution in [3.05, 3.63) is 28.0 Å². The summed E-state index contributed by atoms with van der Waals surface area (Å²) >= 11 is 3.13. The summed E-state index contributed by atoms with van der Waals surface area (Å²) in [5, 5.41) is 5.81. The van der Waals surface area contributed by atoms with Gasteiger partial charge in [0.15, 0.2) is 0 Å². The molecule has 3 nitrogen and oxygen atoms in total. The van der Waals surface area contributed by atoms with E-state index in [1.54, 1.807) is 13.0 Å². The molecule has 18 heavy (non-hydrogen) atoms. The van der Waals surface area contributed by atoms with Gasteiger partial charge < -0.3 is 10.6 Å². The summed E-state index contributed by atoms with van der Waals surface area (Å²) in [5.74, 6) is -0.452. The van der Waals surface area contributed by atoms with Crippen LogP contribution in [0, 0.1) is 12.7 Å². The minimum atomic E-state index is -0.410. The molecule has 100 valence electrons. The Balaban J connectivity index is 2.79. The Morgan fingerprint density at radius 1 is 1.33 bits per heavy atom. The Morgan fingerprint density at radius 2 is 1.94 bits per heavy atom. The first-order chi connectivity index (χ1) is 8.31. The van der Waals surface area contributed by atoms with E-state index in [9.17, 15) is 9.18 Å². The van der Waals surface area contributed by atoms with Gasteiger partial charge in [-0.1, -0.05) is 0 Å². The number of benzene rings is 1. The van der Waals surface area contributed by atoms with Crippen LogP contribution in [0.3, 0.4) is 0 Å². The van der Waals surface area contributed by atoms with Crippen molar-refractivity contribution >= 4 is 27.5 Å². The summed E-state index contributed by atoms with van der Waals surface area (Å²) in [5.41, 5.74) is 1.51. The van der Waals surface area contributed by atoms with Crippen LogP contribution in [0.4, 0.5) is 10.1 Å². The predicted octanol–water partition coefficient (Wildman–Crippen LogP) is 3.22. The number of hydrogen-bond acceptors (Lipinski definition) is 2. The summed E-state index contributed by atoms with van der Waals surface area (Å²) in [6.45, 7) is 7.40. The van der Waals surface area contributed by atoms with Gasteiger partial charge in [-0.3, -0.25) is 4.79 Å². The third kappa shape index (κ3) is 3.98. The van der Waals surface area contributed by atoms with Gasteiger partial charge in [0.05, 0.1) is 4.47 Å². The van der Waals surface area contributed by atoms with Gasteiger partial charge in [-0.05, 0) is 61.3 Å². The van der Waals surface area contributed by atoms with E-state index in [1.807, 2.05) is 20.8 Å². The average molecular weight is 317 g/mol. The first kappa shape index (κ1) is 15.0. The molecule has 0 aliphatic rings. The lowest BCUT2D eigenvalue weighted by Crippen LogP contribution is -2.41. The molecular weight excluding hydrogens is 299 g/mol. The van der Waals surface area contributed by atoms with Crippen LogP contribution < -0.4 is 10.6 Å². The lowest BCUT2D eigenvalue weighted by Gasteiger charge is -2.18. The first-order valence-corrected chi connectivity index (χ1v) is 6.63. The van der Waals surface area contributed by atoms with Gasteiger partial charge in [0, 0.05) is 11.7 Å². The molecule has 1 rings (SSSR count). The van der Waals surface area contributed by atoms with Gasteiger partial charge in [-0.15, -0.1) is 0 Å². The third-order valence-corrected chi connectivity index (χ3v) is 3.07. The molecule has 1 atom stereocenters. The molecule has 2 N–H and O–H groups in total. The van der Waals surface area contributed by atoms with E-state index in [2.05, 4.69) is 26.6 Å².